The smallest absolute Gasteiger partial charge is 0.0546 e. The molecule has 0 radical (unpaired) electrons. The van der Waals surface area contributed by atoms with Crippen molar-refractivity contribution in [3.63, 3.8) is 0 Å². The number of rotatable bonds is 7. The molecule has 1 N–H and O–H groups in total. The van der Waals surface area contributed by atoms with Crippen LogP contribution in [-0.4, -0.2) is 64.1 Å². The Kier molecular flexibility index (Phi) is 6.93. The van der Waals surface area contributed by atoms with Crippen LogP contribution in [0.3, 0.4) is 0 Å². The lowest BCUT2D eigenvalue weighted by atomic mass is 9.81. The quantitative estimate of drug-likeness (QED) is 0.781. The van der Waals surface area contributed by atoms with E-state index < -0.39 is 0 Å². The summed E-state index contributed by atoms with van der Waals surface area (Å²) in [5.41, 5.74) is 0.292. The molecule has 1 atom stereocenters. The third-order valence-electron chi connectivity index (χ3n) is 4.86. The zero-order valence-corrected chi connectivity index (χ0v) is 14.2. The number of nitrogens with one attached hydrogen (secondary N) is 1. The lowest BCUT2D eigenvalue weighted by Crippen LogP contribution is -2.51. The maximum atomic E-state index is 5.84. The van der Waals surface area contributed by atoms with Gasteiger partial charge in [0.25, 0.3) is 0 Å². The minimum absolute atomic E-state index is 0.292. The number of nitrogens with zero attached hydrogens (tertiary/aromatic N) is 1. The summed E-state index contributed by atoms with van der Waals surface area (Å²) in [7, 11) is 2.29. The maximum Gasteiger partial charge on any atom is 0.0546 e. The van der Waals surface area contributed by atoms with E-state index in [4.69, 9.17) is 9.47 Å². The van der Waals surface area contributed by atoms with E-state index in [-0.39, 0.29) is 0 Å². The third-order valence-corrected chi connectivity index (χ3v) is 4.86. The van der Waals surface area contributed by atoms with E-state index in [9.17, 15) is 0 Å². The average Bonchev–Trinajstić information content (AvgIpc) is 2.48. The molecule has 0 aromatic carbocycles. The molecule has 2 saturated heterocycles. The molecule has 0 aromatic rings. The van der Waals surface area contributed by atoms with Crippen LogP contribution in [0.1, 0.15) is 39.5 Å². The first kappa shape index (κ1) is 17.2. The van der Waals surface area contributed by atoms with Crippen LogP contribution in [0, 0.1) is 11.3 Å². The van der Waals surface area contributed by atoms with E-state index in [1.165, 1.54) is 25.7 Å². The SMILES string of the molecule is CC(C)CNCC1(CN(C)C2CCOCC2)CCCOC1. The Morgan fingerprint density at radius 3 is 2.57 bits per heavy atom. The summed E-state index contributed by atoms with van der Waals surface area (Å²) in [6.45, 7) is 11.5. The van der Waals surface area contributed by atoms with Gasteiger partial charge in [0.15, 0.2) is 0 Å². The van der Waals surface area contributed by atoms with E-state index in [1.807, 2.05) is 0 Å². The Bertz CT molecular complexity index is 285. The van der Waals surface area contributed by atoms with Gasteiger partial charge in [-0.3, -0.25) is 0 Å². The predicted molar refractivity (Wildman–Crippen MR) is 86.7 cm³/mol. The molecule has 2 heterocycles. The van der Waals surface area contributed by atoms with Crippen molar-refractivity contribution in [3.05, 3.63) is 0 Å². The summed E-state index contributed by atoms with van der Waals surface area (Å²) in [5.74, 6) is 0.708. The molecule has 4 nitrogen and oxygen atoms in total. The molecule has 21 heavy (non-hydrogen) atoms. The molecular weight excluding hydrogens is 264 g/mol. The molecule has 0 aliphatic carbocycles. The van der Waals surface area contributed by atoms with Crippen LogP contribution < -0.4 is 5.32 Å². The van der Waals surface area contributed by atoms with Crippen LogP contribution in [0.4, 0.5) is 0 Å². The molecule has 2 aliphatic rings. The Morgan fingerprint density at radius 2 is 1.95 bits per heavy atom. The highest BCUT2D eigenvalue weighted by Crippen LogP contribution is 2.30. The molecule has 0 amide bonds. The van der Waals surface area contributed by atoms with Crippen LogP contribution in [0.2, 0.25) is 0 Å². The number of hydrogen-bond acceptors (Lipinski definition) is 4. The summed E-state index contributed by atoms with van der Waals surface area (Å²) in [4.78, 5) is 2.56. The fraction of sp³-hybridized carbons (Fsp3) is 1.00. The van der Waals surface area contributed by atoms with Gasteiger partial charge in [-0.15, -0.1) is 0 Å². The molecule has 2 rings (SSSR count). The second kappa shape index (κ2) is 8.47. The Hall–Kier alpha value is -0.160. The van der Waals surface area contributed by atoms with Gasteiger partial charge in [-0.1, -0.05) is 13.8 Å². The molecule has 0 spiro atoms. The van der Waals surface area contributed by atoms with E-state index in [0.29, 0.717) is 17.4 Å². The topological polar surface area (TPSA) is 33.7 Å². The van der Waals surface area contributed by atoms with Crippen molar-refractivity contribution in [2.24, 2.45) is 11.3 Å². The molecular formula is C17H34N2O2. The molecule has 4 heteroatoms. The van der Waals surface area contributed by atoms with Crippen LogP contribution in [0.5, 0.6) is 0 Å². The highest BCUT2D eigenvalue weighted by molar-refractivity contribution is 4.88. The lowest BCUT2D eigenvalue weighted by molar-refractivity contribution is -0.0386. The standard InChI is InChI=1S/C17H34N2O2/c1-15(2)11-18-12-17(7-4-8-21-14-17)13-19(3)16-5-9-20-10-6-16/h15-16,18H,4-14H2,1-3H3. The molecule has 1 unspecified atom stereocenters. The van der Waals surface area contributed by atoms with Gasteiger partial charge in [0.1, 0.15) is 0 Å². The van der Waals surface area contributed by atoms with Crippen LogP contribution in [0.15, 0.2) is 0 Å². The summed E-state index contributed by atoms with van der Waals surface area (Å²) in [6, 6.07) is 0.683. The zero-order chi connectivity index (χ0) is 15.1. The molecule has 124 valence electrons. The number of hydrogen-bond donors (Lipinski definition) is 1. The Labute approximate surface area is 130 Å². The highest BCUT2D eigenvalue weighted by atomic mass is 16.5. The van der Waals surface area contributed by atoms with E-state index in [2.05, 4.69) is 31.1 Å². The van der Waals surface area contributed by atoms with Crippen LogP contribution in [0.25, 0.3) is 0 Å². The first-order valence-electron chi connectivity index (χ1n) is 8.68. The summed E-state index contributed by atoms with van der Waals surface area (Å²) < 4.78 is 11.3. The molecule has 0 bridgehead atoms. The Morgan fingerprint density at radius 1 is 1.19 bits per heavy atom. The maximum absolute atomic E-state index is 5.84. The monoisotopic (exact) mass is 298 g/mol. The van der Waals surface area contributed by atoms with Gasteiger partial charge in [-0.05, 0) is 45.2 Å². The minimum atomic E-state index is 0.292. The largest absolute Gasteiger partial charge is 0.381 e. The van der Waals surface area contributed by atoms with Crippen molar-refractivity contribution in [1.82, 2.24) is 10.2 Å². The van der Waals surface area contributed by atoms with Crippen molar-refractivity contribution in [1.29, 1.82) is 0 Å². The Balaban J connectivity index is 1.88. The van der Waals surface area contributed by atoms with Crippen molar-refractivity contribution < 1.29 is 9.47 Å². The fourth-order valence-electron chi connectivity index (χ4n) is 3.64. The van der Waals surface area contributed by atoms with Gasteiger partial charge in [-0.2, -0.15) is 0 Å². The van der Waals surface area contributed by atoms with Gasteiger partial charge >= 0.3 is 0 Å². The second-order valence-electron chi connectivity index (χ2n) is 7.44. The van der Waals surface area contributed by atoms with Gasteiger partial charge in [-0.25, -0.2) is 0 Å². The van der Waals surface area contributed by atoms with Gasteiger partial charge < -0.3 is 19.7 Å². The van der Waals surface area contributed by atoms with E-state index in [0.717, 1.165) is 46.1 Å². The molecule has 0 aromatic heterocycles. The second-order valence-corrected chi connectivity index (χ2v) is 7.44. The van der Waals surface area contributed by atoms with Crippen molar-refractivity contribution in [2.75, 3.05) is 53.1 Å². The molecule has 2 aliphatic heterocycles. The summed E-state index contributed by atoms with van der Waals surface area (Å²) in [6.07, 6.45) is 4.83. The number of ether oxygens (including phenoxy) is 2. The van der Waals surface area contributed by atoms with Crippen LogP contribution in [-0.2, 0) is 9.47 Å². The van der Waals surface area contributed by atoms with Crippen molar-refractivity contribution >= 4 is 0 Å². The summed E-state index contributed by atoms with van der Waals surface area (Å²) in [5, 5.41) is 3.67. The van der Waals surface area contributed by atoms with Crippen molar-refractivity contribution in [2.45, 2.75) is 45.6 Å². The van der Waals surface area contributed by atoms with Gasteiger partial charge in [0, 0.05) is 44.4 Å². The summed E-state index contributed by atoms with van der Waals surface area (Å²) >= 11 is 0. The lowest BCUT2D eigenvalue weighted by Gasteiger charge is -2.43. The van der Waals surface area contributed by atoms with E-state index >= 15 is 0 Å². The van der Waals surface area contributed by atoms with Gasteiger partial charge in [0.2, 0.25) is 0 Å². The zero-order valence-electron chi connectivity index (χ0n) is 14.2. The first-order valence-corrected chi connectivity index (χ1v) is 8.68. The van der Waals surface area contributed by atoms with Crippen LogP contribution >= 0.6 is 0 Å². The predicted octanol–water partition coefficient (Wildman–Crippen LogP) is 2.14. The highest BCUT2D eigenvalue weighted by Gasteiger charge is 2.35. The normalized spacial score (nSPS) is 28.4. The van der Waals surface area contributed by atoms with E-state index in [1.54, 1.807) is 0 Å². The third kappa shape index (κ3) is 5.51. The molecule has 2 fully saturated rings. The minimum Gasteiger partial charge on any atom is -0.381 e. The fourth-order valence-corrected chi connectivity index (χ4v) is 3.64. The van der Waals surface area contributed by atoms with Crippen molar-refractivity contribution in [3.8, 4) is 0 Å². The van der Waals surface area contributed by atoms with Gasteiger partial charge in [0.05, 0.1) is 6.61 Å². The average molecular weight is 298 g/mol. The first-order chi connectivity index (χ1) is 10.1. The molecule has 0 saturated carbocycles.